The lowest BCUT2D eigenvalue weighted by atomic mass is 10.1. The molecule has 0 aliphatic carbocycles. The summed E-state index contributed by atoms with van der Waals surface area (Å²) in [6, 6.07) is 7.52. The van der Waals surface area contributed by atoms with Crippen molar-refractivity contribution in [3.05, 3.63) is 29.8 Å². The van der Waals surface area contributed by atoms with E-state index in [9.17, 15) is 4.79 Å². The molecule has 110 valence electrons. The number of nitrogens with zero attached hydrogens (tertiary/aromatic N) is 1. The first-order valence-corrected chi connectivity index (χ1v) is 7.10. The number of amides is 1. The van der Waals surface area contributed by atoms with Crippen LogP contribution in [-0.4, -0.2) is 54.9 Å². The molecule has 1 amide bonds. The number of nitrogens with one attached hydrogen (secondary N) is 1. The summed E-state index contributed by atoms with van der Waals surface area (Å²) in [6.45, 7) is 4.49. The van der Waals surface area contributed by atoms with Gasteiger partial charge in [-0.3, -0.25) is 4.79 Å². The maximum absolute atomic E-state index is 12.4. The van der Waals surface area contributed by atoms with E-state index in [2.05, 4.69) is 12.2 Å². The molecule has 0 radical (unpaired) electrons. The van der Waals surface area contributed by atoms with Crippen LogP contribution in [0.1, 0.15) is 23.7 Å². The average molecular weight is 278 g/mol. The van der Waals surface area contributed by atoms with E-state index in [1.807, 2.05) is 24.3 Å². The lowest BCUT2D eigenvalue weighted by Crippen LogP contribution is -2.46. The first-order chi connectivity index (χ1) is 9.74. The molecule has 0 bridgehead atoms. The summed E-state index contributed by atoms with van der Waals surface area (Å²) in [5, 5.41) is 12.4. The number of aliphatic hydroxyl groups excluding tert-OH is 1. The summed E-state index contributed by atoms with van der Waals surface area (Å²) < 4.78 is 5.35. The number of carbonyl (C=O) groups excluding carboxylic acids is 1. The summed E-state index contributed by atoms with van der Waals surface area (Å²) in [6.07, 6.45) is 0.801. The zero-order chi connectivity index (χ0) is 14.4. The summed E-state index contributed by atoms with van der Waals surface area (Å²) in [7, 11) is 0. The molecule has 5 heteroatoms. The van der Waals surface area contributed by atoms with Crippen LogP contribution in [-0.2, 0) is 4.74 Å². The van der Waals surface area contributed by atoms with Gasteiger partial charge in [0.1, 0.15) is 0 Å². The number of hydrogen-bond donors (Lipinski definition) is 2. The fraction of sp³-hybridized carbons (Fsp3) is 0.533. The third kappa shape index (κ3) is 3.71. The smallest absolute Gasteiger partial charge is 0.254 e. The molecular formula is C15H22N2O3. The Labute approximate surface area is 119 Å². The number of aliphatic hydroxyl groups is 1. The van der Waals surface area contributed by atoms with Gasteiger partial charge in [-0.2, -0.15) is 0 Å². The topological polar surface area (TPSA) is 61.8 Å². The molecule has 0 saturated carbocycles. The van der Waals surface area contributed by atoms with Crippen molar-refractivity contribution in [1.29, 1.82) is 0 Å². The Hall–Kier alpha value is -1.59. The molecule has 1 heterocycles. The molecule has 5 nitrogen and oxygen atoms in total. The Morgan fingerprint density at radius 2 is 2.20 bits per heavy atom. The average Bonchev–Trinajstić information content (AvgIpc) is 2.52. The summed E-state index contributed by atoms with van der Waals surface area (Å²) in [5.74, 6) is -0.00575. The van der Waals surface area contributed by atoms with Gasteiger partial charge in [0, 0.05) is 30.9 Å². The van der Waals surface area contributed by atoms with Crippen molar-refractivity contribution < 1.29 is 14.6 Å². The Morgan fingerprint density at radius 3 is 2.85 bits per heavy atom. The second-order valence-corrected chi connectivity index (χ2v) is 4.93. The highest BCUT2D eigenvalue weighted by atomic mass is 16.5. The highest BCUT2D eigenvalue weighted by Crippen LogP contribution is 2.14. The van der Waals surface area contributed by atoms with Crippen molar-refractivity contribution in [1.82, 2.24) is 4.90 Å². The zero-order valence-electron chi connectivity index (χ0n) is 11.8. The van der Waals surface area contributed by atoms with Crippen LogP contribution in [0.15, 0.2) is 24.3 Å². The van der Waals surface area contributed by atoms with Crippen LogP contribution in [0.5, 0.6) is 0 Å². The van der Waals surface area contributed by atoms with E-state index >= 15 is 0 Å². The van der Waals surface area contributed by atoms with E-state index in [0.29, 0.717) is 25.3 Å². The van der Waals surface area contributed by atoms with Gasteiger partial charge in [-0.25, -0.2) is 0 Å². The molecule has 1 aliphatic heterocycles. The molecule has 1 unspecified atom stereocenters. The van der Waals surface area contributed by atoms with Crippen molar-refractivity contribution in [2.24, 2.45) is 0 Å². The molecule has 0 aromatic heterocycles. The number of benzene rings is 1. The van der Waals surface area contributed by atoms with E-state index in [4.69, 9.17) is 9.84 Å². The number of ether oxygens (including phenoxy) is 1. The molecule has 0 spiro atoms. The van der Waals surface area contributed by atoms with Crippen molar-refractivity contribution >= 4 is 11.6 Å². The molecule has 2 N–H and O–H groups in total. The molecule has 1 aliphatic rings. The van der Waals surface area contributed by atoms with Gasteiger partial charge in [0.15, 0.2) is 0 Å². The largest absolute Gasteiger partial charge is 0.394 e. The molecule has 1 fully saturated rings. The van der Waals surface area contributed by atoms with Crippen LogP contribution in [0.25, 0.3) is 0 Å². The molecule has 1 saturated heterocycles. The van der Waals surface area contributed by atoms with Crippen molar-refractivity contribution in [3.8, 4) is 0 Å². The Morgan fingerprint density at radius 1 is 1.45 bits per heavy atom. The minimum Gasteiger partial charge on any atom is -0.394 e. The predicted molar refractivity (Wildman–Crippen MR) is 78.0 cm³/mol. The van der Waals surface area contributed by atoms with E-state index < -0.39 is 0 Å². The minimum absolute atomic E-state index is 0.00575. The van der Waals surface area contributed by atoms with Gasteiger partial charge in [0.25, 0.3) is 5.91 Å². The zero-order valence-corrected chi connectivity index (χ0v) is 11.8. The maximum atomic E-state index is 12.4. The first-order valence-electron chi connectivity index (χ1n) is 7.10. The molecule has 1 aromatic carbocycles. The molecule has 1 aromatic rings. The third-order valence-corrected chi connectivity index (χ3v) is 3.34. The van der Waals surface area contributed by atoms with Gasteiger partial charge in [-0.05, 0) is 30.7 Å². The van der Waals surface area contributed by atoms with Crippen LogP contribution in [0, 0.1) is 0 Å². The maximum Gasteiger partial charge on any atom is 0.254 e. The van der Waals surface area contributed by atoms with Crippen LogP contribution < -0.4 is 5.32 Å². The van der Waals surface area contributed by atoms with Gasteiger partial charge in [-0.1, -0.05) is 6.92 Å². The van der Waals surface area contributed by atoms with Crippen LogP contribution in [0.4, 0.5) is 5.69 Å². The SMILES string of the molecule is CCCNc1ccc(C(=O)N2CCOC(CO)C2)cc1. The fourth-order valence-corrected chi connectivity index (χ4v) is 2.20. The van der Waals surface area contributed by atoms with Crippen LogP contribution in [0.3, 0.4) is 0 Å². The molecule has 1 atom stereocenters. The van der Waals surface area contributed by atoms with Crippen LogP contribution in [0.2, 0.25) is 0 Å². The lowest BCUT2D eigenvalue weighted by molar-refractivity contribution is -0.0447. The van der Waals surface area contributed by atoms with Gasteiger partial charge in [0.2, 0.25) is 0 Å². The second kappa shape index (κ2) is 7.26. The Kier molecular flexibility index (Phi) is 5.38. The van der Waals surface area contributed by atoms with E-state index in [1.54, 1.807) is 4.90 Å². The monoisotopic (exact) mass is 278 g/mol. The van der Waals surface area contributed by atoms with E-state index in [-0.39, 0.29) is 18.6 Å². The van der Waals surface area contributed by atoms with Gasteiger partial charge in [-0.15, -0.1) is 0 Å². The lowest BCUT2D eigenvalue weighted by Gasteiger charge is -2.32. The van der Waals surface area contributed by atoms with Crippen LogP contribution >= 0.6 is 0 Å². The fourth-order valence-electron chi connectivity index (χ4n) is 2.20. The summed E-state index contributed by atoms with van der Waals surface area (Å²) >= 11 is 0. The first kappa shape index (κ1) is 14.8. The normalized spacial score (nSPS) is 18.9. The van der Waals surface area contributed by atoms with Crippen molar-refractivity contribution in [2.75, 3.05) is 38.2 Å². The number of rotatable bonds is 5. The minimum atomic E-state index is -0.266. The van der Waals surface area contributed by atoms with Gasteiger partial charge < -0.3 is 20.1 Å². The predicted octanol–water partition coefficient (Wildman–Crippen LogP) is 1.34. The van der Waals surface area contributed by atoms with Gasteiger partial charge in [0.05, 0.1) is 19.3 Å². The Bertz CT molecular complexity index is 433. The summed E-state index contributed by atoms with van der Waals surface area (Å²) in [4.78, 5) is 14.1. The van der Waals surface area contributed by atoms with E-state index in [0.717, 1.165) is 18.7 Å². The quantitative estimate of drug-likeness (QED) is 0.853. The van der Waals surface area contributed by atoms with Crippen molar-refractivity contribution in [3.63, 3.8) is 0 Å². The number of anilines is 1. The third-order valence-electron chi connectivity index (χ3n) is 3.34. The molecule has 2 rings (SSSR count). The second-order valence-electron chi connectivity index (χ2n) is 4.93. The molecule has 20 heavy (non-hydrogen) atoms. The molecular weight excluding hydrogens is 256 g/mol. The highest BCUT2D eigenvalue weighted by Gasteiger charge is 2.24. The standard InChI is InChI=1S/C15H22N2O3/c1-2-7-16-13-5-3-12(4-6-13)15(19)17-8-9-20-14(10-17)11-18/h3-6,14,16,18H,2,7-11H2,1H3. The number of hydrogen-bond acceptors (Lipinski definition) is 4. The van der Waals surface area contributed by atoms with E-state index in [1.165, 1.54) is 0 Å². The Balaban J connectivity index is 1.98. The van der Waals surface area contributed by atoms with Gasteiger partial charge >= 0.3 is 0 Å². The summed E-state index contributed by atoms with van der Waals surface area (Å²) in [5.41, 5.74) is 1.70. The van der Waals surface area contributed by atoms with Crippen molar-refractivity contribution in [2.45, 2.75) is 19.4 Å². The number of carbonyl (C=O) groups is 1. The highest BCUT2D eigenvalue weighted by molar-refractivity contribution is 5.94. The number of morpholine rings is 1.